The number of nitrogens with one attached hydrogen (secondary N) is 1. The molecule has 0 atom stereocenters. The van der Waals surface area contributed by atoms with Crippen molar-refractivity contribution < 1.29 is 0 Å². The molecule has 2 aliphatic carbocycles. The van der Waals surface area contributed by atoms with Gasteiger partial charge in [-0.25, -0.2) is 0 Å². The van der Waals surface area contributed by atoms with Crippen LogP contribution in [-0.2, 0) is 0 Å². The second-order valence-electron chi connectivity index (χ2n) is 6.23. The number of hydrogen-bond donors (Lipinski definition) is 1. The van der Waals surface area contributed by atoms with Crippen LogP contribution in [0.1, 0.15) is 44.1 Å². The standard InChI is InChI=1S/C17H25ClN2/c1-2-20(17-6-7-17)9-8-19-16-11-14(12-16)13-4-3-5-15(18)10-13/h3-5,10,14,16-17,19H,2,6-9,11-12H2,1H3. The van der Waals surface area contributed by atoms with Crippen LogP contribution in [-0.4, -0.2) is 36.6 Å². The molecule has 0 aliphatic heterocycles. The van der Waals surface area contributed by atoms with Crippen LogP contribution in [0.25, 0.3) is 0 Å². The summed E-state index contributed by atoms with van der Waals surface area (Å²) in [4.78, 5) is 2.61. The molecule has 1 aromatic rings. The van der Waals surface area contributed by atoms with E-state index in [9.17, 15) is 0 Å². The van der Waals surface area contributed by atoms with Crippen LogP contribution in [0.5, 0.6) is 0 Å². The van der Waals surface area contributed by atoms with Gasteiger partial charge in [-0.2, -0.15) is 0 Å². The molecule has 0 amide bonds. The highest BCUT2D eigenvalue weighted by atomic mass is 35.5. The highest BCUT2D eigenvalue weighted by Crippen LogP contribution is 2.37. The third-order valence-corrected chi connectivity index (χ3v) is 4.99. The van der Waals surface area contributed by atoms with Crippen molar-refractivity contribution in [3.8, 4) is 0 Å². The Kier molecular flexibility index (Phi) is 4.65. The Balaban J connectivity index is 1.36. The Hall–Kier alpha value is -0.570. The van der Waals surface area contributed by atoms with Crippen LogP contribution in [0.3, 0.4) is 0 Å². The fraction of sp³-hybridized carbons (Fsp3) is 0.647. The van der Waals surface area contributed by atoms with Crippen LogP contribution >= 0.6 is 11.6 Å². The first kappa shape index (κ1) is 14.4. The molecule has 0 bridgehead atoms. The molecule has 110 valence electrons. The van der Waals surface area contributed by atoms with Crippen molar-refractivity contribution in [3.05, 3.63) is 34.9 Å². The maximum atomic E-state index is 6.06. The molecule has 0 unspecified atom stereocenters. The van der Waals surface area contributed by atoms with Crippen molar-refractivity contribution in [2.75, 3.05) is 19.6 Å². The van der Waals surface area contributed by atoms with Crippen LogP contribution in [0.4, 0.5) is 0 Å². The monoisotopic (exact) mass is 292 g/mol. The first-order valence-electron chi connectivity index (χ1n) is 7.99. The lowest BCUT2D eigenvalue weighted by molar-refractivity contribution is 0.244. The smallest absolute Gasteiger partial charge is 0.0408 e. The van der Waals surface area contributed by atoms with Gasteiger partial charge in [-0.05, 0) is 55.8 Å². The minimum absolute atomic E-state index is 0.705. The van der Waals surface area contributed by atoms with Gasteiger partial charge < -0.3 is 5.32 Å². The second kappa shape index (κ2) is 6.46. The molecular weight excluding hydrogens is 268 g/mol. The summed E-state index contributed by atoms with van der Waals surface area (Å²) in [6, 6.07) is 9.94. The normalized spacial score (nSPS) is 25.8. The van der Waals surface area contributed by atoms with Gasteiger partial charge >= 0.3 is 0 Å². The SMILES string of the molecule is CCN(CCNC1CC(c2cccc(Cl)c2)C1)C1CC1. The van der Waals surface area contributed by atoms with E-state index in [0.717, 1.165) is 17.6 Å². The minimum Gasteiger partial charge on any atom is -0.313 e. The zero-order valence-electron chi connectivity index (χ0n) is 12.3. The van der Waals surface area contributed by atoms with Crippen LogP contribution in [0.2, 0.25) is 5.02 Å². The topological polar surface area (TPSA) is 15.3 Å². The zero-order chi connectivity index (χ0) is 13.9. The van der Waals surface area contributed by atoms with Gasteiger partial charge in [0.2, 0.25) is 0 Å². The predicted octanol–water partition coefficient (Wildman–Crippen LogP) is 3.66. The van der Waals surface area contributed by atoms with Gasteiger partial charge in [0.05, 0.1) is 0 Å². The van der Waals surface area contributed by atoms with Crippen molar-refractivity contribution in [3.63, 3.8) is 0 Å². The number of nitrogens with zero attached hydrogens (tertiary/aromatic N) is 1. The van der Waals surface area contributed by atoms with E-state index in [1.165, 1.54) is 44.3 Å². The highest BCUT2D eigenvalue weighted by molar-refractivity contribution is 6.30. The molecule has 0 saturated heterocycles. The number of rotatable bonds is 7. The summed E-state index contributed by atoms with van der Waals surface area (Å²) in [5.41, 5.74) is 1.41. The molecule has 2 fully saturated rings. The van der Waals surface area contributed by atoms with E-state index >= 15 is 0 Å². The molecule has 3 rings (SSSR count). The fourth-order valence-corrected chi connectivity index (χ4v) is 3.47. The molecule has 0 aromatic heterocycles. The van der Waals surface area contributed by atoms with Crippen molar-refractivity contribution in [2.45, 2.75) is 50.6 Å². The minimum atomic E-state index is 0.705. The largest absolute Gasteiger partial charge is 0.313 e. The molecule has 1 aromatic carbocycles. The maximum absolute atomic E-state index is 6.06. The number of hydrogen-bond acceptors (Lipinski definition) is 2. The number of halogens is 1. The molecule has 2 aliphatic rings. The van der Waals surface area contributed by atoms with Crippen LogP contribution in [0, 0.1) is 0 Å². The first-order chi connectivity index (χ1) is 9.76. The lowest BCUT2D eigenvalue weighted by Gasteiger charge is -2.37. The molecule has 0 spiro atoms. The first-order valence-corrected chi connectivity index (χ1v) is 8.37. The van der Waals surface area contributed by atoms with Gasteiger partial charge in [-0.15, -0.1) is 0 Å². The predicted molar refractivity (Wildman–Crippen MR) is 85.5 cm³/mol. The highest BCUT2D eigenvalue weighted by Gasteiger charge is 2.31. The maximum Gasteiger partial charge on any atom is 0.0408 e. The summed E-state index contributed by atoms with van der Waals surface area (Å²) >= 11 is 6.06. The van der Waals surface area contributed by atoms with E-state index in [1.807, 2.05) is 6.07 Å². The van der Waals surface area contributed by atoms with E-state index in [-0.39, 0.29) is 0 Å². The van der Waals surface area contributed by atoms with E-state index in [1.54, 1.807) is 0 Å². The summed E-state index contributed by atoms with van der Waals surface area (Å²) in [6.07, 6.45) is 5.34. The van der Waals surface area contributed by atoms with Gasteiger partial charge in [-0.1, -0.05) is 30.7 Å². The quantitative estimate of drug-likeness (QED) is 0.825. The summed E-state index contributed by atoms with van der Waals surface area (Å²) in [5, 5.41) is 4.57. The molecule has 2 nitrogen and oxygen atoms in total. The average molecular weight is 293 g/mol. The summed E-state index contributed by atoms with van der Waals surface area (Å²) in [6.45, 7) is 5.82. The fourth-order valence-electron chi connectivity index (χ4n) is 3.27. The lowest BCUT2D eigenvalue weighted by Crippen LogP contribution is -2.43. The average Bonchev–Trinajstić information content (AvgIpc) is 3.21. The van der Waals surface area contributed by atoms with Gasteiger partial charge in [0, 0.05) is 30.2 Å². The van der Waals surface area contributed by atoms with Crippen molar-refractivity contribution in [1.29, 1.82) is 0 Å². The molecule has 3 heteroatoms. The van der Waals surface area contributed by atoms with Crippen LogP contribution < -0.4 is 5.32 Å². The Morgan fingerprint density at radius 1 is 1.30 bits per heavy atom. The third kappa shape index (κ3) is 3.55. The number of likely N-dealkylation sites (N-methyl/N-ethyl adjacent to an activating group) is 1. The molecule has 1 N–H and O–H groups in total. The Labute approximate surface area is 127 Å². The van der Waals surface area contributed by atoms with Gasteiger partial charge in [0.1, 0.15) is 0 Å². The van der Waals surface area contributed by atoms with E-state index in [2.05, 4.69) is 35.3 Å². The molecular formula is C17H25ClN2. The van der Waals surface area contributed by atoms with Crippen molar-refractivity contribution in [1.82, 2.24) is 10.2 Å². The Morgan fingerprint density at radius 2 is 2.10 bits per heavy atom. The van der Waals surface area contributed by atoms with Crippen LogP contribution in [0.15, 0.2) is 24.3 Å². The zero-order valence-corrected chi connectivity index (χ0v) is 13.1. The van der Waals surface area contributed by atoms with Crippen molar-refractivity contribution >= 4 is 11.6 Å². The summed E-state index contributed by atoms with van der Waals surface area (Å²) in [5.74, 6) is 0.705. The van der Waals surface area contributed by atoms with Crippen molar-refractivity contribution in [2.24, 2.45) is 0 Å². The molecule has 2 saturated carbocycles. The second-order valence-corrected chi connectivity index (χ2v) is 6.67. The van der Waals surface area contributed by atoms with E-state index in [4.69, 9.17) is 11.6 Å². The molecule has 0 heterocycles. The van der Waals surface area contributed by atoms with Gasteiger partial charge in [-0.3, -0.25) is 4.90 Å². The third-order valence-electron chi connectivity index (χ3n) is 4.76. The van der Waals surface area contributed by atoms with E-state index in [0.29, 0.717) is 12.0 Å². The number of benzene rings is 1. The van der Waals surface area contributed by atoms with Gasteiger partial charge in [0.25, 0.3) is 0 Å². The van der Waals surface area contributed by atoms with E-state index < -0.39 is 0 Å². The summed E-state index contributed by atoms with van der Waals surface area (Å²) < 4.78 is 0. The Bertz CT molecular complexity index is 438. The summed E-state index contributed by atoms with van der Waals surface area (Å²) in [7, 11) is 0. The Morgan fingerprint density at radius 3 is 2.75 bits per heavy atom. The molecule has 20 heavy (non-hydrogen) atoms. The van der Waals surface area contributed by atoms with Gasteiger partial charge in [0.15, 0.2) is 0 Å². The molecule has 0 radical (unpaired) electrons. The lowest BCUT2D eigenvalue weighted by atomic mass is 9.76.